The average Bonchev–Trinajstić information content (AvgIpc) is 2.47. The van der Waals surface area contributed by atoms with Crippen LogP contribution in [0.1, 0.15) is 24.7 Å². The summed E-state index contributed by atoms with van der Waals surface area (Å²) < 4.78 is 5.62. The first-order valence-corrected chi connectivity index (χ1v) is 6.99. The van der Waals surface area contributed by atoms with Gasteiger partial charge in [0.25, 0.3) is 0 Å². The molecule has 0 saturated heterocycles. The van der Waals surface area contributed by atoms with Gasteiger partial charge in [0.1, 0.15) is 12.4 Å². The lowest BCUT2D eigenvalue weighted by molar-refractivity contribution is 0.296. The molecule has 2 N–H and O–H groups in total. The van der Waals surface area contributed by atoms with Gasteiger partial charge in [0.2, 0.25) is 0 Å². The fourth-order valence-corrected chi connectivity index (χ4v) is 2.04. The van der Waals surface area contributed by atoms with Crippen LogP contribution in [0.4, 0.5) is 0 Å². The third-order valence-electron chi connectivity index (χ3n) is 2.99. The van der Waals surface area contributed by atoms with Gasteiger partial charge in [0.05, 0.1) is 5.02 Å². The maximum atomic E-state index is 6.22. The first-order valence-electron chi connectivity index (χ1n) is 6.61. The van der Waals surface area contributed by atoms with Crippen LogP contribution in [0.15, 0.2) is 36.7 Å². The number of hydrogen-bond donors (Lipinski definition) is 1. The van der Waals surface area contributed by atoms with Crippen molar-refractivity contribution in [1.29, 1.82) is 0 Å². The molecule has 0 spiro atoms. The van der Waals surface area contributed by atoms with Gasteiger partial charge in [0.15, 0.2) is 5.82 Å². The molecule has 0 aliphatic rings. The van der Waals surface area contributed by atoms with Crippen molar-refractivity contribution >= 4 is 11.6 Å². The van der Waals surface area contributed by atoms with E-state index >= 15 is 0 Å². The molecule has 1 heterocycles. The minimum absolute atomic E-state index is 0.163. The lowest BCUT2D eigenvalue weighted by Crippen LogP contribution is -2.21. The third-order valence-corrected chi connectivity index (χ3v) is 3.29. The van der Waals surface area contributed by atoms with Gasteiger partial charge in [-0.05, 0) is 36.6 Å². The van der Waals surface area contributed by atoms with E-state index in [1.165, 1.54) is 0 Å². The van der Waals surface area contributed by atoms with Crippen molar-refractivity contribution in [3.63, 3.8) is 0 Å². The monoisotopic (exact) mass is 291 g/mol. The Bertz CT molecular complexity index is 548. The number of ether oxygens (including phenoxy) is 1. The highest BCUT2D eigenvalue weighted by molar-refractivity contribution is 6.32. The Morgan fingerprint density at radius 2 is 2.05 bits per heavy atom. The zero-order chi connectivity index (χ0) is 14.4. The van der Waals surface area contributed by atoms with E-state index in [9.17, 15) is 0 Å². The Balaban J connectivity index is 1.99. The summed E-state index contributed by atoms with van der Waals surface area (Å²) in [6, 6.07) is 7.68. The highest BCUT2D eigenvalue weighted by Crippen LogP contribution is 2.26. The fraction of sp³-hybridized carbons (Fsp3) is 0.333. The molecule has 4 nitrogen and oxygen atoms in total. The van der Waals surface area contributed by atoms with Crippen LogP contribution in [-0.2, 0) is 13.0 Å². The predicted octanol–water partition coefficient (Wildman–Crippen LogP) is 2.99. The first-order chi connectivity index (χ1) is 9.69. The second-order valence-corrected chi connectivity index (χ2v) is 5.00. The average molecular weight is 292 g/mol. The number of hydrogen-bond acceptors (Lipinski definition) is 4. The minimum atomic E-state index is 0.163. The van der Waals surface area contributed by atoms with Crippen molar-refractivity contribution in [1.82, 2.24) is 9.97 Å². The van der Waals surface area contributed by atoms with Gasteiger partial charge < -0.3 is 10.5 Å². The predicted molar refractivity (Wildman–Crippen MR) is 79.8 cm³/mol. The van der Waals surface area contributed by atoms with Crippen LogP contribution >= 0.6 is 11.6 Å². The van der Waals surface area contributed by atoms with E-state index in [0.717, 1.165) is 18.4 Å². The molecule has 1 aromatic carbocycles. The van der Waals surface area contributed by atoms with Gasteiger partial charge in [0, 0.05) is 18.4 Å². The second-order valence-electron chi connectivity index (χ2n) is 4.59. The molecular weight excluding hydrogens is 274 g/mol. The Kier molecular flexibility index (Phi) is 5.32. The fourth-order valence-electron chi connectivity index (χ4n) is 1.78. The number of rotatable bonds is 6. The zero-order valence-electron chi connectivity index (χ0n) is 11.4. The minimum Gasteiger partial charge on any atom is -0.484 e. The maximum Gasteiger partial charge on any atom is 0.166 e. The van der Waals surface area contributed by atoms with Gasteiger partial charge in [-0.3, -0.25) is 0 Å². The van der Waals surface area contributed by atoms with Gasteiger partial charge in [-0.15, -0.1) is 0 Å². The van der Waals surface area contributed by atoms with Crippen molar-refractivity contribution in [2.24, 2.45) is 5.73 Å². The van der Waals surface area contributed by atoms with Gasteiger partial charge >= 0.3 is 0 Å². The van der Waals surface area contributed by atoms with E-state index in [0.29, 0.717) is 23.2 Å². The van der Waals surface area contributed by atoms with Crippen LogP contribution in [0.3, 0.4) is 0 Å². The van der Waals surface area contributed by atoms with E-state index in [1.54, 1.807) is 18.5 Å². The standard InChI is InChI=1S/C15H18ClN3O/c1-2-12(17)8-11-4-5-14(13(16)9-11)20-10-15-18-6-3-7-19-15/h3-7,9,12H,2,8,10,17H2,1H3. The SMILES string of the molecule is CCC(N)Cc1ccc(OCc2ncccn2)c(Cl)c1. The molecule has 0 amide bonds. The second kappa shape index (κ2) is 7.22. The summed E-state index contributed by atoms with van der Waals surface area (Å²) in [6.45, 7) is 2.37. The summed E-state index contributed by atoms with van der Waals surface area (Å²) in [4.78, 5) is 8.19. The van der Waals surface area contributed by atoms with Crippen molar-refractivity contribution in [3.05, 3.63) is 53.1 Å². The summed E-state index contributed by atoms with van der Waals surface area (Å²) in [5, 5.41) is 0.585. The zero-order valence-corrected chi connectivity index (χ0v) is 12.2. The van der Waals surface area contributed by atoms with E-state index < -0.39 is 0 Å². The molecule has 0 aliphatic heterocycles. The Morgan fingerprint density at radius 1 is 1.30 bits per heavy atom. The Morgan fingerprint density at radius 3 is 2.70 bits per heavy atom. The van der Waals surface area contributed by atoms with Crippen molar-refractivity contribution in [3.8, 4) is 5.75 Å². The number of nitrogens with two attached hydrogens (primary N) is 1. The maximum absolute atomic E-state index is 6.22. The lowest BCUT2D eigenvalue weighted by Gasteiger charge is -2.11. The molecule has 106 valence electrons. The van der Waals surface area contributed by atoms with Gasteiger partial charge in [-0.25, -0.2) is 9.97 Å². The molecule has 0 saturated carbocycles. The molecule has 0 radical (unpaired) electrons. The summed E-state index contributed by atoms with van der Waals surface area (Å²) >= 11 is 6.22. The third kappa shape index (κ3) is 4.18. The lowest BCUT2D eigenvalue weighted by atomic mass is 10.0. The molecule has 2 aromatic rings. The number of aromatic nitrogens is 2. The van der Waals surface area contributed by atoms with Crippen LogP contribution < -0.4 is 10.5 Å². The molecule has 1 unspecified atom stereocenters. The molecular formula is C15H18ClN3O. The highest BCUT2D eigenvalue weighted by atomic mass is 35.5. The Labute approximate surface area is 124 Å². The van der Waals surface area contributed by atoms with Crippen LogP contribution in [0.25, 0.3) is 0 Å². The van der Waals surface area contributed by atoms with E-state index in [2.05, 4.69) is 16.9 Å². The number of benzene rings is 1. The molecule has 5 heteroatoms. The molecule has 0 bridgehead atoms. The van der Waals surface area contributed by atoms with Crippen molar-refractivity contribution in [2.45, 2.75) is 32.4 Å². The number of nitrogens with zero attached hydrogens (tertiary/aromatic N) is 2. The molecule has 20 heavy (non-hydrogen) atoms. The number of halogens is 1. The van der Waals surface area contributed by atoms with Crippen molar-refractivity contribution < 1.29 is 4.74 Å². The van der Waals surface area contributed by atoms with Crippen molar-refractivity contribution in [2.75, 3.05) is 0 Å². The van der Waals surface area contributed by atoms with E-state index in [4.69, 9.17) is 22.1 Å². The Hall–Kier alpha value is -1.65. The highest BCUT2D eigenvalue weighted by Gasteiger charge is 2.07. The summed E-state index contributed by atoms with van der Waals surface area (Å²) in [7, 11) is 0. The van der Waals surface area contributed by atoms with Gasteiger partial charge in [-0.2, -0.15) is 0 Å². The topological polar surface area (TPSA) is 61.0 Å². The largest absolute Gasteiger partial charge is 0.484 e. The summed E-state index contributed by atoms with van der Waals surface area (Å²) in [6.07, 6.45) is 5.13. The first kappa shape index (κ1) is 14.8. The molecule has 0 aliphatic carbocycles. The molecule has 1 atom stereocenters. The van der Waals surface area contributed by atoms with Crippen LogP contribution in [0.5, 0.6) is 5.75 Å². The van der Waals surface area contributed by atoms with Crippen LogP contribution in [0, 0.1) is 0 Å². The normalized spacial score (nSPS) is 12.2. The molecule has 0 fully saturated rings. The van der Waals surface area contributed by atoms with E-state index in [1.807, 2.05) is 18.2 Å². The smallest absolute Gasteiger partial charge is 0.166 e. The van der Waals surface area contributed by atoms with Crippen LogP contribution in [0.2, 0.25) is 5.02 Å². The summed E-state index contributed by atoms with van der Waals surface area (Å²) in [5.41, 5.74) is 7.06. The molecule has 2 rings (SSSR count). The van der Waals surface area contributed by atoms with Gasteiger partial charge in [-0.1, -0.05) is 24.6 Å². The molecule has 1 aromatic heterocycles. The van der Waals surface area contributed by atoms with E-state index in [-0.39, 0.29) is 6.04 Å². The quantitative estimate of drug-likeness (QED) is 0.889. The van der Waals surface area contributed by atoms with Crippen LogP contribution in [-0.4, -0.2) is 16.0 Å². The summed E-state index contributed by atoms with van der Waals surface area (Å²) in [5.74, 6) is 1.26.